The first-order chi connectivity index (χ1) is 9.18. The lowest BCUT2D eigenvalue weighted by Gasteiger charge is -2.52. The molecule has 3 rings (SSSR count). The van der Waals surface area contributed by atoms with Gasteiger partial charge in [0.25, 0.3) is 0 Å². The van der Waals surface area contributed by atoms with Gasteiger partial charge in [-0.25, -0.2) is 0 Å². The van der Waals surface area contributed by atoms with Crippen molar-refractivity contribution in [1.82, 2.24) is 0 Å². The maximum atomic E-state index is 10.6. The highest BCUT2D eigenvalue weighted by molar-refractivity contribution is 5.28. The minimum atomic E-state index is -0.930. The first kappa shape index (κ1) is 14.5. The van der Waals surface area contributed by atoms with Crippen molar-refractivity contribution in [3.8, 4) is 0 Å². The lowest BCUT2D eigenvalue weighted by molar-refractivity contribution is -0.108. The van der Waals surface area contributed by atoms with Gasteiger partial charge in [0.1, 0.15) is 11.7 Å². The summed E-state index contributed by atoms with van der Waals surface area (Å²) in [5, 5.41) is 41.1. The van der Waals surface area contributed by atoms with E-state index in [-0.39, 0.29) is 0 Å². The van der Waals surface area contributed by atoms with Crippen LogP contribution in [0.5, 0.6) is 0 Å². The van der Waals surface area contributed by atoms with Crippen LogP contribution in [-0.2, 0) is 4.74 Å². The maximum Gasteiger partial charge on any atom is 0.126 e. The zero-order valence-electron chi connectivity index (χ0n) is 12.2. The summed E-state index contributed by atoms with van der Waals surface area (Å²) in [6.07, 6.45) is -0.664. The number of hydrogen-bond donors (Lipinski definition) is 4. The van der Waals surface area contributed by atoms with E-state index in [9.17, 15) is 20.4 Å². The Morgan fingerprint density at radius 3 is 2.30 bits per heavy atom. The second-order valence-electron chi connectivity index (χ2n) is 7.22. The molecule has 7 unspecified atom stereocenters. The van der Waals surface area contributed by atoms with Crippen molar-refractivity contribution in [3.05, 3.63) is 11.6 Å². The molecule has 4 N–H and O–H groups in total. The van der Waals surface area contributed by atoms with Crippen LogP contribution in [0.2, 0.25) is 0 Å². The van der Waals surface area contributed by atoms with Gasteiger partial charge in [-0.1, -0.05) is 19.9 Å². The smallest absolute Gasteiger partial charge is 0.126 e. The lowest BCUT2D eigenvalue weighted by Crippen LogP contribution is -2.56. The Kier molecular flexibility index (Phi) is 2.93. The number of hydrogen-bond acceptors (Lipinski definition) is 5. The maximum absolute atomic E-state index is 10.6. The molecule has 5 nitrogen and oxygen atoms in total. The van der Waals surface area contributed by atoms with Crippen molar-refractivity contribution in [3.63, 3.8) is 0 Å². The minimum Gasteiger partial charge on any atom is -0.390 e. The summed E-state index contributed by atoms with van der Waals surface area (Å²) >= 11 is 0. The second kappa shape index (κ2) is 4.05. The number of rotatable bonds is 1. The number of aliphatic hydroxyl groups is 4. The number of ether oxygens (including phenoxy) is 1. The van der Waals surface area contributed by atoms with E-state index in [0.29, 0.717) is 19.4 Å². The quantitative estimate of drug-likeness (QED) is 0.401. The van der Waals surface area contributed by atoms with Gasteiger partial charge in [0, 0.05) is 10.8 Å². The third kappa shape index (κ3) is 1.50. The molecule has 1 saturated heterocycles. The van der Waals surface area contributed by atoms with Crippen LogP contribution in [0.4, 0.5) is 0 Å². The summed E-state index contributed by atoms with van der Waals surface area (Å²) in [7, 11) is 0. The Morgan fingerprint density at radius 2 is 1.75 bits per heavy atom. The van der Waals surface area contributed by atoms with Crippen molar-refractivity contribution in [2.75, 3.05) is 6.61 Å². The van der Waals surface area contributed by atoms with Crippen molar-refractivity contribution in [2.45, 2.75) is 63.6 Å². The molecule has 3 aliphatic rings. The summed E-state index contributed by atoms with van der Waals surface area (Å²) < 4.78 is 5.56. The van der Waals surface area contributed by atoms with E-state index < -0.39 is 40.8 Å². The fraction of sp³-hybridized carbons (Fsp3) is 0.867. The molecule has 0 aromatic carbocycles. The van der Waals surface area contributed by atoms with Crippen LogP contribution in [0, 0.1) is 10.8 Å². The monoisotopic (exact) mass is 284 g/mol. The molecule has 1 aliphatic heterocycles. The van der Waals surface area contributed by atoms with E-state index in [2.05, 4.69) is 0 Å². The van der Waals surface area contributed by atoms with Gasteiger partial charge < -0.3 is 25.2 Å². The van der Waals surface area contributed by atoms with E-state index in [0.717, 1.165) is 5.57 Å². The van der Waals surface area contributed by atoms with Crippen molar-refractivity contribution < 1.29 is 25.2 Å². The van der Waals surface area contributed by atoms with Gasteiger partial charge >= 0.3 is 0 Å². The third-order valence-corrected chi connectivity index (χ3v) is 6.33. The molecular weight excluding hydrogens is 260 g/mol. The van der Waals surface area contributed by atoms with Crippen LogP contribution in [-0.4, -0.2) is 57.0 Å². The predicted octanol–water partition coefficient (Wildman–Crippen LogP) is -0.0347. The highest BCUT2D eigenvalue weighted by Gasteiger charge is 2.75. The fourth-order valence-corrected chi connectivity index (χ4v) is 4.40. The molecule has 1 saturated carbocycles. The Hall–Kier alpha value is -0.460. The third-order valence-electron chi connectivity index (χ3n) is 6.33. The average Bonchev–Trinajstić information content (AvgIpc) is 3.13. The van der Waals surface area contributed by atoms with Crippen LogP contribution >= 0.6 is 0 Å². The van der Waals surface area contributed by atoms with Gasteiger partial charge in [0.05, 0.1) is 24.9 Å². The topological polar surface area (TPSA) is 93.5 Å². The zero-order chi connectivity index (χ0) is 14.9. The molecule has 0 amide bonds. The molecule has 20 heavy (non-hydrogen) atoms. The largest absolute Gasteiger partial charge is 0.390 e. The van der Waals surface area contributed by atoms with Crippen molar-refractivity contribution in [2.24, 2.45) is 10.8 Å². The van der Waals surface area contributed by atoms with Gasteiger partial charge in [0.2, 0.25) is 0 Å². The van der Waals surface area contributed by atoms with Crippen LogP contribution in [0.25, 0.3) is 0 Å². The first-order valence-electron chi connectivity index (χ1n) is 7.22. The van der Waals surface area contributed by atoms with Crippen LogP contribution < -0.4 is 0 Å². The van der Waals surface area contributed by atoms with E-state index in [1.165, 1.54) is 0 Å². The molecule has 0 aromatic heterocycles. The number of epoxide rings is 1. The molecule has 5 heteroatoms. The second-order valence-corrected chi connectivity index (χ2v) is 7.22. The Labute approximate surface area is 118 Å². The highest BCUT2D eigenvalue weighted by atomic mass is 16.6. The highest BCUT2D eigenvalue weighted by Crippen LogP contribution is 2.66. The molecular formula is C15H24O5. The van der Waals surface area contributed by atoms with E-state index >= 15 is 0 Å². The van der Waals surface area contributed by atoms with Gasteiger partial charge in [-0.3, -0.25) is 0 Å². The Balaban J connectivity index is 2.04. The average molecular weight is 284 g/mol. The van der Waals surface area contributed by atoms with Crippen LogP contribution in [0.1, 0.15) is 33.6 Å². The van der Waals surface area contributed by atoms with Crippen molar-refractivity contribution in [1.29, 1.82) is 0 Å². The van der Waals surface area contributed by atoms with E-state index in [4.69, 9.17) is 4.74 Å². The summed E-state index contributed by atoms with van der Waals surface area (Å²) in [6, 6.07) is 0. The van der Waals surface area contributed by atoms with Gasteiger partial charge in [-0.05, 0) is 25.3 Å². The molecule has 0 radical (unpaired) electrons. The summed E-state index contributed by atoms with van der Waals surface area (Å²) in [5.41, 5.74) is -1.26. The Morgan fingerprint density at radius 1 is 1.15 bits per heavy atom. The van der Waals surface area contributed by atoms with Crippen molar-refractivity contribution >= 4 is 0 Å². The standard InChI is InChI=1S/C15H24O5/c1-8-4-11(18)13(2,5-9(8)16)14(3)6-10(17)12(19)15(14)7-20-15/h4,9-12,16-19H,5-7H2,1-3H3. The van der Waals surface area contributed by atoms with Gasteiger partial charge in [-0.15, -0.1) is 0 Å². The molecule has 7 atom stereocenters. The lowest BCUT2D eigenvalue weighted by atomic mass is 9.53. The van der Waals surface area contributed by atoms with Crippen LogP contribution in [0.3, 0.4) is 0 Å². The van der Waals surface area contributed by atoms with Gasteiger partial charge in [-0.2, -0.15) is 0 Å². The SMILES string of the molecule is CC1=CC(O)C(C)(C2(C)CC(O)C(O)C23CO3)CC1O. The zero-order valence-corrected chi connectivity index (χ0v) is 12.2. The molecule has 1 heterocycles. The summed E-state index contributed by atoms with van der Waals surface area (Å²) in [5.74, 6) is 0. The molecule has 114 valence electrons. The fourth-order valence-electron chi connectivity index (χ4n) is 4.40. The first-order valence-corrected chi connectivity index (χ1v) is 7.22. The van der Waals surface area contributed by atoms with Crippen LogP contribution in [0.15, 0.2) is 11.6 Å². The normalized spacial score (nSPS) is 58.9. The summed E-state index contributed by atoms with van der Waals surface area (Å²) in [6.45, 7) is 6.06. The molecule has 1 spiro atoms. The number of aliphatic hydroxyl groups excluding tert-OH is 4. The molecule has 0 bridgehead atoms. The Bertz CT molecular complexity index is 457. The minimum absolute atomic E-state index is 0.362. The predicted molar refractivity (Wildman–Crippen MR) is 71.9 cm³/mol. The van der Waals surface area contributed by atoms with Gasteiger partial charge in [0.15, 0.2) is 0 Å². The van der Waals surface area contributed by atoms with E-state index in [1.807, 2.05) is 13.8 Å². The van der Waals surface area contributed by atoms with E-state index in [1.54, 1.807) is 13.0 Å². The molecule has 0 aromatic rings. The summed E-state index contributed by atoms with van der Waals surface area (Å²) in [4.78, 5) is 0. The molecule has 2 aliphatic carbocycles. The molecule has 2 fully saturated rings.